The van der Waals surface area contributed by atoms with Gasteiger partial charge in [0.25, 0.3) is 0 Å². The molecule has 0 bridgehead atoms. The number of amides is 1. The van der Waals surface area contributed by atoms with Crippen LogP contribution in [0, 0.1) is 0 Å². The Labute approximate surface area is 102 Å². The first-order valence-electron chi connectivity index (χ1n) is 5.78. The Kier molecular flexibility index (Phi) is 4.97. The summed E-state index contributed by atoms with van der Waals surface area (Å²) >= 11 is 0. The van der Waals surface area contributed by atoms with Crippen LogP contribution in [-0.4, -0.2) is 19.1 Å². The topological polar surface area (TPSA) is 64.4 Å². The Balaban J connectivity index is 2.75. The molecule has 3 N–H and O–H groups in total. The van der Waals surface area contributed by atoms with Gasteiger partial charge in [-0.1, -0.05) is 19.1 Å². The van der Waals surface area contributed by atoms with E-state index < -0.39 is 6.04 Å². The number of hydrogen-bond acceptors (Lipinski definition) is 3. The highest BCUT2D eigenvalue weighted by Crippen LogP contribution is 2.19. The van der Waals surface area contributed by atoms with Crippen LogP contribution in [0.3, 0.4) is 0 Å². The fraction of sp³-hybridized carbons (Fsp3) is 0.462. The SMILES string of the molecule is CCC(NC(=O)[C@@H](C)N)c1ccc(OC)cc1. The van der Waals surface area contributed by atoms with E-state index in [9.17, 15) is 4.79 Å². The first kappa shape index (κ1) is 13.5. The third-order valence-electron chi connectivity index (χ3n) is 2.66. The van der Waals surface area contributed by atoms with E-state index in [-0.39, 0.29) is 11.9 Å². The number of nitrogens with two attached hydrogens (primary N) is 1. The number of carbonyl (C=O) groups excluding carboxylic acids is 1. The second-order valence-electron chi connectivity index (χ2n) is 4.03. The minimum atomic E-state index is -0.484. The molecular weight excluding hydrogens is 216 g/mol. The molecule has 0 fully saturated rings. The van der Waals surface area contributed by atoms with Gasteiger partial charge in [0.05, 0.1) is 19.2 Å². The van der Waals surface area contributed by atoms with Crippen molar-refractivity contribution in [2.45, 2.75) is 32.4 Å². The zero-order valence-corrected chi connectivity index (χ0v) is 10.6. The largest absolute Gasteiger partial charge is 0.497 e. The van der Waals surface area contributed by atoms with Crippen LogP contribution in [0.2, 0.25) is 0 Å². The maximum absolute atomic E-state index is 11.5. The van der Waals surface area contributed by atoms with Gasteiger partial charge in [-0.2, -0.15) is 0 Å². The number of ether oxygens (including phenoxy) is 1. The van der Waals surface area contributed by atoms with Crippen LogP contribution in [0.25, 0.3) is 0 Å². The number of benzene rings is 1. The monoisotopic (exact) mass is 236 g/mol. The third kappa shape index (κ3) is 3.75. The summed E-state index contributed by atoms with van der Waals surface area (Å²) in [6, 6.07) is 7.19. The number of nitrogens with one attached hydrogen (secondary N) is 1. The van der Waals surface area contributed by atoms with Gasteiger partial charge < -0.3 is 15.8 Å². The molecule has 0 aliphatic rings. The zero-order valence-electron chi connectivity index (χ0n) is 10.6. The fourth-order valence-electron chi connectivity index (χ4n) is 1.56. The minimum absolute atomic E-state index is 0.000550. The molecule has 0 spiro atoms. The lowest BCUT2D eigenvalue weighted by molar-refractivity contribution is -0.122. The minimum Gasteiger partial charge on any atom is -0.497 e. The molecule has 0 saturated carbocycles. The first-order chi connectivity index (χ1) is 8.08. The summed E-state index contributed by atoms with van der Waals surface area (Å²) in [6.45, 7) is 3.70. The van der Waals surface area contributed by atoms with Crippen molar-refractivity contribution < 1.29 is 9.53 Å². The molecule has 1 amide bonds. The standard InChI is InChI=1S/C13H20N2O2/c1-4-12(15-13(16)9(2)14)10-5-7-11(17-3)8-6-10/h5-9,12H,4,14H2,1-3H3,(H,15,16)/t9-,12?/m1/s1. The van der Waals surface area contributed by atoms with E-state index in [0.717, 1.165) is 17.7 Å². The van der Waals surface area contributed by atoms with E-state index in [4.69, 9.17) is 10.5 Å². The van der Waals surface area contributed by atoms with Crippen LogP contribution in [0.5, 0.6) is 5.75 Å². The van der Waals surface area contributed by atoms with E-state index in [1.54, 1.807) is 14.0 Å². The van der Waals surface area contributed by atoms with Crippen LogP contribution in [0.4, 0.5) is 0 Å². The van der Waals surface area contributed by atoms with Crippen molar-refractivity contribution in [1.82, 2.24) is 5.32 Å². The molecule has 4 heteroatoms. The number of carbonyl (C=O) groups is 1. The molecule has 4 nitrogen and oxygen atoms in total. The zero-order chi connectivity index (χ0) is 12.8. The van der Waals surface area contributed by atoms with Crippen LogP contribution in [0.15, 0.2) is 24.3 Å². The van der Waals surface area contributed by atoms with Crippen molar-refractivity contribution in [3.8, 4) is 5.75 Å². The van der Waals surface area contributed by atoms with Crippen LogP contribution < -0.4 is 15.8 Å². The highest BCUT2D eigenvalue weighted by atomic mass is 16.5. The van der Waals surface area contributed by atoms with E-state index in [1.807, 2.05) is 31.2 Å². The Morgan fingerprint density at radius 3 is 2.41 bits per heavy atom. The predicted octanol–water partition coefficient (Wildman–Crippen LogP) is 1.61. The summed E-state index contributed by atoms with van der Waals surface area (Å²) in [5.74, 6) is 0.676. The van der Waals surface area contributed by atoms with Gasteiger partial charge >= 0.3 is 0 Å². The van der Waals surface area contributed by atoms with Gasteiger partial charge in [0.2, 0.25) is 5.91 Å². The van der Waals surface area contributed by atoms with Gasteiger partial charge in [-0.25, -0.2) is 0 Å². The summed E-state index contributed by atoms with van der Waals surface area (Å²) in [5, 5.41) is 2.92. The van der Waals surface area contributed by atoms with Gasteiger partial charge in [0.1, 0.15) is 5.75 Å². The summed E-state index contributed by atoms with van der Waals surface area (Å²) in [4.78, 5) is 11.5. The lowest BCUT2D eigenvalue weighted by Gasteiger charge is -2.19. The van der Waals surface area contributed by atoms with E-state index in [2.05, 4.69) is 5.32 Å². The molecular formula is C13H20N2O2. The lowest BCUT2D eigenvalue weighted by atomic mass is 10.0. The maximum atomic E-state index is 11.5. The number of hydrogen-bond donors (Lipinski definition) is 2. The third-order valence-corrected chi connectivity index (χ3v) is 2.66. The smallest absolute Gasteiger partial charge is 0.237 e. The van der Waals surface area contributed by atoms with Gasteiger partial charge in [-0.3, -0.25) is 4.79 Å². The lowest BCUT2D eigenvalue weighted by Crippen LogP contribution is -2.40. The molecule has 1 rings (SSSR count). The molecule has 0 saturated heterocycles. The quantitative estimate of drug-likeness (QED) is 0.816. The van der Waals surface area contributed by atoms with Crippen LogP contribution in [-0.2, 0) is 4.79 Å². The van der Waals surface area contributed by atoms with Gasteiger partial charge in [-0.05, 0) is 31.0 Å². The molecule has 1 unspecified atom stereocenters. The summed E-state index contributed by atoms with van der Waals surface area (Å²) in [6.07, 6.45) is 0.824. The first-order valence-corrected chi connectivity index (χ1v) is 5.78. The normalized spacial score (nSPS) is 13.9. The molecule has 0 radical (unpaired) electrons. The van der Waals surface area contributed by atoms with Crippen molar-refractivity contribution in [2.75, 3.05) is 7.11 Å². The van der Waals surface area contributed by atoms with Crippen LogP contribution in [0.1, 0.15) is 31.9 Å². The summed E-state index contributed by atoms with van der Waals surface area (Å²) < 4.78 is 5.09. The second-order valence-corrected chi connectivity index (χ2v) is 4.03. The molecule has 17 heavy (non-hydrogen) atoms. The predicted molar refractivity (Wildman–Crippen MR) is 67.8 cm³/mol. The summed E-state index contributed by atoms with van der Waals surface area (Å²) in [5.41, 5.74) is 6.59. The molecule has 2 atom stereocenters. The molecule has 0 aliphatic carbocycles. The molecule has 1 aromatic rings. The van der Waals surface area contributed by atoms with Gasteiger partial charge in [0, 0.05) is 0 Å². The van der Waals surface area contributed by atoms with E-state index >= 15 is 0 Å². The van der Waals surface area contributed by atoms with Crippen molar-refractivity contribution in [2.24, 2.45) is 5.73 Å². The van der Waals surface area contributed by atoms with Crippen LogP contribution >= 0.6 is 0 Å². The van der Waals surface area contributed by atoms with E-state index in [0.29, 0.717) is 0 Å². The Morgan fingerprint density at radius 2 is 2.00 bits per heavy atom. The Morgan fingerprint density at radius 1 is 1.41 bits per heavy atom. The second kappa shape index (κ2) is 6.25. The highest BCUT2D eigenvalue weighted by Gasteiger charge is 2.14. The molecule has 94 valence electrons. The molecule has 1 aromatic carbocycles. The highest BCUT2D eigenvalue weighted by molar-refractivity contribution is 5.81. The van der Waals surface area contributed by atoms with Crippen molar-refractivity contribution in [1.29, 1.82) is 0 Å². The number of rotatable bonds is 5. The average Bonchev–Trinajstić information content (AvgIpc) is 2.35. The summed E-state index contributed by atoms with van der Waals surface area (Å²) in [7, 11) is 1.63. The van der Waals surface area contributed by atoms with Crippen molar-refractivity contribution >= 4 is 5.91 Å². The van der Waals surface area contributed by atoms with Gasteiger partial charge in [0.15, 0.2) is 0 Å². The molecule has 0 heterocycles. The van der Waals surface area contributed by atoms with Crippen molar-refractivity contribution in [3.63, 3.8) is 0 Å². The van der Waals surface area contributed by atoms with Gasteiger partial charge in [-0.15, -0.1) is 0 Å². The molecule has 0 aromatic heterocycles. The van der Waals surface area contributed by atoms with E-state index in [1.165, 1.54) is 0 Å². The Bertz CT molecular complexity index is 360. The molecule has 0 aliphatic heterocycles. The fourth-order valence-corrected chi connectivity index (χ4v) is 1.56. The number of methoxy groups -OCH3 is 1. The maximum Gasteiger partial charge on any atom is 0.237 e. The van der Waals surface area contributed by atoms with Crippen molar-refractivity contribution in [3.05, 3.63) is 29.8 Å². The average molecular weight is 236 g/mol. The Hall–Kier alpha value is -1.55.